The van der Waals surface area contributed by atoms with Crippen molar-refractivity contribution in [1.29, 1.82) is 0 Å². The summed E-state index contributed by atoms with van der Waals surface area (Å²) in [5.41, 5.74) is 1.91. The van der Waals surface area contributed by atoms with Gasteiger partial charge in [-0.1, -0.05) is 62.0 Å². The highest BCUT2D eigenvalue weighted by molar-refractivity contribution is 5.36. The first-order valence-electron chi connectivity index (χ1n) is 8.18. The van der Waals surface area contributed by atoms with E-state index in [9.17, 15) is 0 Å². The number of hydrogen-bond donors (Lipinski definition) is 0. The Balaban J connectivity index is 1.78. The lowest BCUT2D eigenvalue weighted by atomic mass is 9.60. The zero-order valence-electron chi connectivity index (χ0n) is 12.5. The highest BCUT2D eigenvalue weighted by Crippen LogP contribution is 2.64. The standard InChI is InChI=1S/C20H24/c1-14-11-12-18-16-9-5-6-10-17(16)19(20(18,2)13-14)15-7-3-4-8-15/h3-7,9-10,14,16-19H,8,11-12H2,1-2H3. The highest BCUT2D eigenvalue weighted by Gasteiger charge is 2.58. The van der Waals surface area contributed by atoms with E-state index in [-0.39, 0.29) is 5.41 Å². The van der Waals surface area contributed by atoms with Gasteiger partial charge in [0.05, 0.1) is 0 Å². The molecule has 0 heterocycles. The average molecular weight is 264 g/mol. The molecular formula is C20H24. The van der Waals surface area contributed by atoms with Crippen molar-refractivity contribution in [2.45, 2.75) is 33.1 Å². The zero-order valence-corrected chi connectivity index (χ0v) is 12.5. The second-order valence-electron chi connectivity index (χ2n) is 7.29. The van der Waals surface area contributed by atoms with Crippen molar-refractivity contribution >= 4 is 0 Å². The van der Waals surface area contributed by atoms with E-state index < -0.39 is 0 Å². The molecule has 0 N–H and O–H groups in total. The number of allylic oxidation sites excluding steroid dienone is 8. The van der Waals surface area contributed by atoms with Gasteiger partial charge in [0.2, 0.25) is 0 Å². The third kappa shape index (κ3) is 1.66. The summed E-state index contributed by atoms with van der Waals surface area (Å²) in [6, 6.07) is 0. The number of hydrogen-bond acceptors (Lipinski definition) is 0. The molecule has 0 nitrogen and oxygen atoms in total. The monoisotopic (exact) mass is 264 g/mol. The molecule has 4 aliphatic carbocycles. The summed E-state index contributed by atoms with van der Waals surface area (Å²) in [7, 11) is 0. The molecule has 20 heavy (non-hydrogen) atoms. The number of rotatable bonds is 1. The minimum Gasteiger partial charge on any atom is -0.0805 e. The van der Waals surface area contributed by atoms with Gasteiger partial charge in [0.1, 0.15) is 0 Å². The van der Waals surface area contributed by atoms with Gasteiger partial charge in [-0.3, -0.25) is 0 Å². The van der Waals surface area contributed by atoms with Gasteiger partial charge in [-0.2, -0.15) is 0 Å². The molecule has 0 saturated heterocycles. The molecule has 4 rings (SSSR count). The maximum absolute atomic E-state index is 4.00. The molecule has 0 bridgehead atoms. The van der Waals surface area contributed by atoms with Gasteiger partial charge in [-0.25, -0.2) is 0 Å². The molecule has 2 saturated carbocycles. The number of fused-ring (bicyclic) bond motifs is 3. The van der Waals surface area contributed by atoms with E-state index in [0.717, 1.165) is 18.3 Å². The molecule has 6 unspecified atom stereocenters. The summed E-state index contributed by atoms with van der Waals surface area (Å²) < 4.78 is 0. The first-order chi connectivity index (χ1) is 9.70. The van der Waals surface area contributed by atoms with Crippen molar-refractivity contribution in [2.24, 2.45) is 35.0 Å². The lowest BCUT2D eigenvalue weighted by Gasteiger charge is -2.44. The highest BCUT2D eigenvalue weighted by atomic mass is 14.6. The van der Waals surface area contributed by atoms with E-state index in [2.05, 4.69) is 62.8 Å². The fourth-order valence-electron chi connectivity index (χ4n) is 5.46. The molecular weight excluding hydrogens is 240 g/mol. The minimum atomic E-state index is 0.268. The van der Waals surface area contributed by atoms with Gasteiger partial charge in [0.25, 0.3) is 0 Å². The topological polar surface area (TPSA) is 0 Å². The van der Waals surface area contributed by atoms with Crippen molar-refractivity contribution in [3.05, 3.63) is 54.5 Å². The van der Waals surface area contributed by atoms with Crippen LogP contribution in [0, 0.1) is 41.4 Å². The smallest absolute Gasteiger partial charge is 0.00655 e. The largest absolute Gasteiger partial charge is 0.0805 e. The van der Waals surface area contributed by atoms with Crippen molar-refractivity contribution in [1.82, 2.24) is 0 Å². The van der Waals surface area contributed by atoms with Crippen LogP contribution in [0.25, 0.3) is 0 Å². The predicted molar refractivity (Wildman–Crippen MR) is 83.8 cm³/mol. The summed E-state index contributed by atoms with van der Waals surface area (Å²) >= 11 is 0. The van der Waals surface area contributed by atoms with Crippen molar-refractivity contribution in [2.75, 3.05) is 0 Å². The third-order valence-corrected chi connectivity index (χ3v) is 6.16. The van der Waals surface area contributed by atoms with E-state index >= 15 is 0 Å². The SMILES string of the molecule is CC1[C]C2(C)C(CC1)C1C=CC=CC1C2C1=CC=CC1. The van der Waals surface area contributed by atoms with E-state index in [1.807, 2.05) is 0 Å². The second-order valence-corrected chi connectivity index (χ2v) is 7.29. The Labute approximate surface area is 123 Å². The van der Waals surface area contributed by atoms with Crippen LogP contribution in [0.3, 0.4) is 0 Å². The van der Waals surface area contributed by atoms with Gasteiger partial charge >= 0.3 is 0 Å². The van der Waals surface area contributed by atoms with Gasteiger partial charge in [0.15, 0.2) is 0 Å². The predicted octanol–water partition coefficient (Wildman–Crippen LogP) is 4.99. The zero-order chi connectivity index (χ0) is 13.7. The van der Waals surface area contributed by atoms with Gasteiger partial charge in [-0.15, -0.1) is 0 Å². The molecule has 104 valence electrons. The van der Waals surface area contributed by atoms with Crippen molar-refractivity contribution in [3.8, 4) is 0 Å². The Kier molecular flexibility index (Phi) is 2.84. The second kappa shape index (κ2) is 4.48. The molecule has 0 spiro atoms. The molecule has 0 aromatic carbocycles. The average Bonchev–Trinajstić information content (AvgIpc) is 3.00. The first-order valence-corrected chi connectivity index (χ1v) is 8.18. The Bertz CT molecular complexity index is 518. The van der Waals surface area contributed by atoms with Crippen LogP contribution in [0.5, 0.6) is 0 Å². The Hall–Kier alpha value is -1.04. The molecule has 0 aromatic heterocycles. The molecule has 0 aliphatic heterocycles. The summed E-state index contributed by atoms with van der Waals surface area (Å²) in [5.74, 6) is 3.53. The van der Waals surface area contributed by atoms with Crippen molar-refractivity contribution < 1.29 is 0 Å². The normalized spacial score (nSPS) is 49.1. The summed E-state index contributed by atoms with van der Waals surface area (Å²) in [6.45, 7) is 4.85. The van der Waals surface area contributed by atoms with Crippen LogP contribution in [-0.2, 0) is 0 Å². The van der Waals surface area contributed by atoms with Gasteiger partial charge < -0.3 is 0 Å². The molecule has 2 fully saturated rings. The van der Waals surface area contributed by atoms with E-state index in [0.29, 0.717) is 17.8 Å². The van der Waals surface area contributed by atoms with Gasteiger partial charge in [0, 0.05) is 0 Å². The van der Waals surface area contributed by atoms with E-state index in [1.165, 1.54) is 12.8 Å². The molecule has 0 aromatic rings. The van der Waals surface area contributed by atoms with Crippen LogP contribution in [0.1, 0.15) is 33.1 Å². The van der Waals surface area contributed by atoms with Crippen LogP contribution in [-0.4, -0.2) is 0 Å². The quantitative estimate of drug-likeness (QED) is 0.625. The molecule has 0 heteroatoms. The Morgan fingerprint density at radius 3 is 2.65 bits per heavy atom. The lowest BCUT2D eigenvalue weighted by molar-refractivity contribution is 0.139. The molecule has 6 atom stereocenters. The summed E-state index contributed by atoms with van der Waals surface area (Å²) in [5, 5.41) is 0. The summed E-state index contributed by atoms with van der Waals surface area (Å²) in [6.07, 6.45) is 24.3. The van der Waals surface area contributed by atoms with E-state index in [1.54, 1.807) is 5.57 Å². The Morgan fingerprint density at radius 2 is 1.90 bits per heavy atom. The summed E-state index contributed by atoms with van der Waals surface area (Å²) in [4.78, 5) is 0. The van der Waals surface area contributed by atoms with Crippen LogP contribution in [0.2, 0.25) is 0 Å². The van der Waals surface area contributed by atoms with Crippen LogP contribution >= 0.6 is 0 Å². The lowest BCUT2D eigenvalue weighted by Crippen LogP contribution is -2.37. The molecule has 2 radical (unpaired) electrons. The maximum Gasteiger partial charge on any atom is -0.00655 e. The van der Waals surface area contributed by atoms with Crippen LogP contribution in [0.15, 0.2) is 48.1 Å². The fraction of sp³-hybridized carbons (Fsp3) is 0.550. The molecule has 0 amide bonds. The fourth-order valence-corrected chi connectivity index (χ4v) is 5.46. The third-order valence-electron chi connectivity index (χ3n) is 6.16. The minimum absolute atomic E-state index is 0.268. The van der Waals surface area contributed by atoms with Crippen LogP contribution < -0.4 is 0 Å². The molecule has 4 aliphatic rings. The van der Waals surface area contributed by atoms with Gasteiger partial charge in [-0.05, 0) is 60.7 Å². The first kappa shape index (κ1) is 12.7. The van der Waals surface area contributed by atoms with Crippen molar-refractivity contribution in [3.63, 3.8) is 0 Å². The van der Waals surface area contributed by atoms with Crippen LogP contribution in [0.4, 0.5) is 0 Å². The maximum atomic E-state index is 4.00. The van der Waals surface area contributed by atoms with E-state index in [4.69, 9.17) is 0 Å². The Morgan fingerprint density at radius 1 is 1.10 bits per heavy atom.